The van der Waals surface area contributed by atoms with Crippen molar-refractivity contribution in [1.82, 2.24) is 9.78 Å². The molecule has 0 spiro atoms. The highest BCUT2D eigenvalue weighted by molar-refractivity contribution is 5.35. The Morgan fingerprint density at radius 1 is 1.25 bits per heavy atom. The maximum atomic E-state index is 4.38. The molecule has 16 heavy (non-hydrogen) atoms. The molecule has 3 unspecified atom stereocenters. The minimum absolute atomic E-state index is 0.460. The predicted octanol–water partition coefficient (Wildman–Crippen LogP) is 3.70. The normalized spacial score (nSPS) is 16.8. The zero-order chi connectivity index (χ0) is 12.1. The Hall–Kier alpha value is -0.990. The zero-order valence-electron chi connectivity index (χ0n) is 11.2. The number of rotatable bonds is 6. The quantitative estimate of drug-likeness (QED) is 0.797. The van der Waals surface area contributed by atoms with Crippen molar-refractivity contribution < 1.29 is 0 Å². The van der Waals surface area contributed by atoms with Gasteiger partial charge in [0.25, 0.3) is 0 Å². The number of aromatic nitrogens is 2. The predicted molar refractivity (Wildman–Crippen MR) is 69.8 cm³/mol. The van der Waals surface area contributed by atoms with Crippen LogP contribution in [0.5, 0.6) is 0 Å². The van der Waals surface area contributed by atoms with E-state index in [1.165, 1.54) is 6.42 Å². The van der Waals surface area contributed by atoms with Gasteiger partial charge in [-0.15, -0.1) is 0 Å². The van der Waals surface area contributed by atoms with Gasteiger partial charge in [-0.25, -0.2) is 4.68 Å². The SMILES string of the molecule is CCC(C)C(C)Nc1ccnn1C(C)CC. The molecule has 0 saturated heterocycles. The molecular weight excluding hydrogens is 198 g/mol. The highest BCUT2D eigenvalue weighted by atomic mass is 15.3. The maximum Gasteiger partial charge on any atom is 0.124 e. The largest absolute Gasteiger partial charge is 0.368 e. The summed E-state index contributed by atoms with van der Waals surface area (Å²) in [7, 11) is 0. The van der Waals surface area contributed by atoms with Crippen molar-refractivity contribution in [3.8, 4) is 0 Å². The molecule has 0 aliphatic heterocycles. The lowest BCUT2D eigenvalue weighted by Gasteiger charge is -2.23. The van der Waals surface area contributed by atoms with Crippen LogP contribution in [-0.2, 0) is 0 Å². The summed E-state index contributed by atoms with van der Waals surface area (Å²) in [6.07, 6.45) is 4.18. The second kappa shape index (κ2) is 5.92. The third-order valence-corrected chi connectivity index (χ3v) is 3.55. The van der Waals surface area contributed by atoms with Crippen LogP contribution in [0, 0.1) is 5.92 Å². The lowest BCUT2D eigenvalue weighted by atomic mass is 10.0. The fourth-order valence-corrected chi connectivity index (χ4v) is 1.68. The molecule has 1 aromatic heterocycles. The second-order valence-corrected chi connectivity index (χ2v) is 4.74. The van der Waals surface area contributed by atoms with E-state index in [1.54, 1.807) is 0 Å². The van der Waals surface area contributed by atoms with Crippen molar-refractivity contribution >= 4 is 5.82 Å². The van der Waals surface area contributed by atoms with Gasteiger partial charge in [-0.2, -0.15) is 5.10 Å². The van der Waals surface area contributed by atoms with Crippen molar-refractivity contribution in [2.75, 3.05) is 5.32 Å². The van der Waals surface area contributed by atoms with Gasteiger partial charge in [0, 0.05) is 12.1 Å². The van der Waals surface area contributed by atoms with E-state index in [0.717, 1.165) is 12.2 Å². The maximum absolute atomic E-state index is 4.38. The van der Waals surface area contributed by atoms with Crippen LogP contribution in [0.4, 0.5) is 5.82 Å². The van der Waals surface area contributed by atoms with Crippen molar-refractivity contribution in [2.24, 2.45) is 5.92 Å². The smallest absolute Gasteiger partial charge is 0.124 e. The summed E-state index contributed by atoms with van der Waals surface area (Å²) in [4.78, 5) is 0. The van der Waals surface area contributed by atoms with Gasteiger partial charge in [-0.1, -0.05) is 27.2 Å². The van der Waals surface area contributed by atoms with E-state index in [9.17, 15) is 0 Å². The van der Waals surface area contributed by atoms with E-state index in [4.69, 9.17) is 0 Å². The molecule has 0 aromatic carbocycles. The molecule has 3 atom stereocenters. The van der Waals surface area contributed by atoms with E-state index in [2.05, 4.69) is 55.8 Å². The Labute approximate surface area is 99.2 Å². The van der Waals surface area contributed by atoms with Gasteiger partial charge < -0.3 is 5.32 Å². The summed E-state index contributed by atoms with van der Waals surface area (Å²) in [5.74, 6) is 1.82. The van der Waals surface area contributed by atoms with Gasteiger partial charge in [0.15, 0.2) is 0 Å². The van der Waals surface area contributed by atoms with Crippen molar-refractivity contribution in [2.45, 2.75) is 59.5 Å². The molecule has 3 nitrogen and oxygen atoms in total. The fourth-order valence-electron chi connectivity index (χ4n) is 1.68. The second-order valence-electron chi connectivity index (χ2n) is 4.74. The molecule has 92 valence electrons. The van der Waals surface area contributed by atoms with E-state index < -0.39 is 0 Å². The van der Waals surface area contributed by atoms with E-state index in [-0.39, 0.29) is 0 Å². The summed E-state index contributed by atoms with van der Waals surface area (Å²) in [5, 5.41) is 7.94. The first-order valence-electron chi connectivity index (χ1n) is 6.40. The van der Waals surface area contributed by atoms with Crippen molar-refractivity contribution in [3.63, 3.8) is 0 Å². The molecule has 1 heterocycles. The Bertz CT molecular complexity index is 306. The molecule has 0 amide bonds. The van der Waals surface area contributed by atoms with Crippen LogP contribution in [0.2, 0.25) is 0 Å². The third-order valence-electron chi connectivity index (χ3n) is 3.55. The van der Waals surface area contributed by atoms with Gasteiger partial charge in [0.05, 0.1) is 12.2 Å². The van der Waals surface area contributed by atoms with E-state index in [0.29, 0.717) is 18.0 Å². The Morgan fingerprint density at radius 3 is 2.50 bits per heavy atom. The molecule has 1 rings (SSSR count). The van der Waals surface area contributed by atoms with Gasteiger partial charge in [0.1, 0.15) is 5.82 Å². The number of hydrogen-bond donors (Lipinski definition) is 1. The molecule has 3 heteroatoms. The Balaban J connectivity index is 2.70. The van der Waals surface area contributed by atoms with Crippen LogP contribution in [0.15, 0.2) is 12.3 Å². The monoisotopic (exact) mass is 223 g/mol. The molecule has 0 fully saturated rings. The number of hydrogen-bond acceptors (Lipinski definition) is 2. The molecule has 1 aromatic rings. The molecule has 0 saturated carbocycles. The average Bonchev–Trinajstić information content (AvgIpc) is 2.74. The first-order chi connectivity index (χ1) is 7.60. The fraction of sp³-hybridized carbons (Fsp3) is 0.769. The molecule has 1 N–H and O–H groups in total. The summed E-state index contributed by atoms with van der Waals surface area (Å²) in [5.41, 5.74) is 0. The molecular formula is C13H25N3. The lowest BCUT2D eigenvalue weighted by molar-refractivity contribution is 0.462. The Kier molecular flexibility index (Phi) is 4.84. The van der Waals surface area contributed by atoms with Gasteiger partial charge in [-0.3, -0.25) is 0 Å². The van der Waals surface area contributed by atoms with Crippen LogP contribution in [0.25, 0.3) is 0 Å². The van der Waals surface area contributed by atoms with Gasteiger partial charge >= 0.3 is 0 Å². The summed E-state index contributed by atoms with van der Waals surface area (Å²) >= 11 is 0. The van der Waals surface area contributed by atoms with Crippen LogP contribution in [-0.4, -0.2) is 15.8 Å². The van der Waals surface area contributed by atoms with Gasteiger partial charge in [0.2, 0.25) is 0 Å². The third kappa shape index (κ3) is 3.00. The summed E-state index contributed by atoms with van der Waals surface area (Å²) in [6.45, 7) is 11.1. The minimum atomic E-state index is 0.460. The van der Waals surface area contributed by atoms with Crippen molar-refractivity contribution in [3.05, 3.63) is 12.3 Å². The highest BCUT2D eigenvalue weighted by Crippen LogP contribution is 2.19. The lowest BCUT2D eigenvalue weighted by Crippen LogP contribution is -2.25. The summed E-state index contributed by atoms with van der Waals surface area (Å²) < 4.78 is 2.08. The molecule has 0 bridgehead atoms. The van der Waals surface area contributed by atoms with Crippen molar-refractivity contribution in [1.29, 1.82) is 0 Å². The topological polar surface area (TPSA) is 29.9 Å². The van der Waals surface area contributed by atoms with Gasteiger partial charge in [-0.05, 0) is 26.2 Å². The van der Waals surface area contributed by atoms with E-state index >= 15 is 0 Å². The van der Waals surface area contributed by atoms with Crippen LogP contribution >= 0.6 is 0 Å². The molecule has 0 radical (unpaired) electrons. The van der Waals surface area contributed by atoms with E-state index in [1.807, 2.05) is 6.20 Å². The summed E-state index contributed by atoms with van der Waals surface area (Å²) in [6, 6.07) is 3.01. The standard InChI is InChI=1S/C13H25N3/c1-6-10(3)12(5)15-13-8-9-14-16(13)11(4)7-2/h8-12,15H,6-7H2,1-5H3. The van der Waals surface area contributed by atoms with Crippen LogP contribution in [0.3, 0.4) is 0 Å². The number of anilines is 1. The van der Waals surface area contributed by atoms with Crippen LogP contribution < -0.4 is 5.32 Å². The first kappa shape index (κ1) is 13.1. The Morgan fingerprint density at radius 2 is 1.94 bits per heavy atom. The highest BCUT2D eigenvalue weighted by Gasteiger charge is 2.13. The van der Waals surface area contributed by atoms with Crippen LogP contribution in [0.1, 0.15) is 53.5 Å². The molecule has 0 aliphatic rings. The molecule has 0 aliphatic carbocycles. The number of nitrogens with zero attached hydrogens (tertiary/aromatic N) is 2. The first-order valence-corrected chi connectivity index (χ1v) is 6.40. The average molecular weight is 223 g/mol. The minimum Gasteiger partial charge on any atom is -0.368 e. The zero-order valence-corrected chi connectivity index (χ0v) is 11.2. The number of nitrogens with one attached hydrogen (secondary N) is 1.